The van der Waals surface area contributed by atoms with Gasteiger partial charge in [0, 0.05) is 24.7 Å². The minimum atomic E-state index is 0.212. The number of piperidine rings is 1. The van der Waals surface area contributed by atoms with Gasteiger partial charge in [0.05, 0.1) is 20.8 Å². The van der Waals surface area contributed by atoms with Crippen molar-refractivity contribution in [2.75, 3.05) is 40.4 Å². The van der Waals surface area contributed by atoms with Crippen LogP contribution >= 0.6 is 0 Å². The number of carbonyl (C=O) groups is 1. The lowest BCUT2D eigenvalue weighted by Gasteiger charge is -2.36. The number of rotatable bonds is 5. The number of hydrogen-bond acceptors (Lipinski definition) is 4. The van der Waals surface area contributed by atoms with Crippen molar-refractivity contribution in [1.29, 1.82) is 0 Å². The van der Waals surface area contributed by atoms with Gasteiger partial charge in [0.15, 0.2) is 0 Å². The molecule has 1 aromatic rings. The van der Waals surface area contributed by atoms with Gasteiger partial charge in [-0.3, -0.25) is 9.69 Å². The van der Waals surface area contributed by atoms with Crippen LogP contribution in [0.2, 0.25) is 0 Å². The van der Waals surface area contributed by atoms with Crippen molar-refractivity contribution < 1.29 is 14.3 Å². The Kier molecular flexibility index (Phi) is 6.07. The van der Waals surface area contributed by atoms with Crippen LogP contribution in [0, 0.1) is 11.8 Å². The summed E-state index contributed by atoms with van der Waals surface area (Å²) in [5, 5.41) is 0. The van der Waals surface area contributed by atoms with Crippen molar-refractivity contribution in [2.45, 2.75) is 39.2 Å². The first-order chi connectivity index (χ1) is 12.5. The van der Waals surface area contributed by atoms with Crippen LogP contribution < -0.4 is 9.47 Å². The zero-order valence-corrected chi connectivity index (χ0v) is 16.5. The molecule has 3 rings (SSSR count). The van der Waals surface area contributed by atoms with Gasteiger partial charge in [0.1, 0.15) is 11.5 Å². The monoisotopic (exact) mass is 360 g/mol. The molecule has 0 radical (unpaired) electrons. The molecule has 0 aliphatic carbocycles. The molecule has 2 saturated heterocycles. The zero-order valence-electron chi connectivity index (χ0n) is 16.5. The third-order valence-electron chi connectivity index (χ3n) is 5.72. The molecule has 0 spiro atoms. The van der Waals surface area contributed by atoms with Gasteiger partial charge in [-0.1, -0.05) is 13.8 Å². The van der Waals surface area contributed by atoms with Gasteiger partial charge in [-0.2, -0.15) is 0 Å². The Morgan fingerprint density at radius 2 is 1.88 bits per heavy atom. The Balaban J connectivity index is 1.73. The van der Waals surface area contributed by atoms with E-state index in [0.29, 0.717) is 18.4 Å². The summed E-state index contributed by atoms with van der Waals surface area (Å²) in [5.74, 6) is 3.15. The number of amides is 1. The zero-order chi connectivity index (χ0) is 18.7. The summed E-state index contributed by atoms with van der Waals surface area (Å²) < 4.78 is 11.0. The summed E-state index contributed by atoms with van der Waals surface area (Å²) in [4.78, 5) is 17.3. The van der Waals surface area contributed by atoms with Crippen molar-refractivity contribution in [3.05, 3.63) is 23.8 Å². The fourth-order valence-corrected chi connectivity index (χ4v) is 4.61. The lowest BCUT2D eigenvalue weighted by atomic mass is 9.92. The van der Waals surface area contributed by atoms with Crippen LogP contribution in [0.15, 0.2) is 18.2 Å². The second-order valence-electron chi connectivity index (χ2n) is 7.98. The quantitative estimate of drug-likeness (QED) is 0.808. The van der Waals surface area contributed by atoms with E-state index in [0.717, 1.165) is 49.5 Å². The summed E-state index contributed by atoms with van der Waals surface area (Å²) in [6, 6.07) is 6.14. The molecule has 0 N–H and O–H groups in total. The molecule has 5 nitrogen and oxygen atoms in total. The van der Waals surface area contributed by atoms with Crippen molar-refractivity contribution in [2.24, 2.45) is 11.8 Å². The van der Waals surface area contributed by atoms with E-state index in [1.165, 1.54) is 6.42 Å². The molecule has 5 heteroatoms. The molecule has 26 heavy (non-hydrogen) atoms. The van der Waals surface area contributed by atoms with Gasteiger partial charge in [-0.05, 0) is 55.8 Å². The van der Waals surface area contributed by atoms with Crippen LogP contribution in [-0.2, 0) is 4.79 Å². The summed E-state index contributed by atoms with van der Waals surface area (Å²) >= 11 is 0. The van der Waals surface area contributed by atoms with Gasteiger partial charge >= 0.3 is 0 Å². The Morgan fingerprint density at radius 3 is 2.54 bits per heavy atom. The number of ether oxygens (including phenoxy) is 2. The highest BCUT2D eigenvalue weighted by molar-refractivity contribution is 5.78. The predicted molar refractivity (Wildman–Crippen MR) is 103 cm³/mol. The van der Waals surface area contributed by atoms with Crippen molar-refractivity contribution in [1.82, 2.24) is 9.80 Å². The molecule has 0 unspecified atom stereocenters. The summed E-state index contributed by atoms with van der Waals surface area (Å²) in [6.45, 7) is 7.72. The van der Waals surface area contributed by atoms with Gasteiger partial charge in [0.2, 0.25) is 5.91 Å². The van der Waals surface area contributed by atoms with E-state index in [1.807, 2.05) is 12.1 Å². The Bertz CT molecular complexity index is 624. The second-order valence-corrected chi connectivity index (χ2v) is 7.98. The molecule has 2 fully saturated rings. The number of nitrogens with zero attached hydrogens (tertiary/aromatic N) is 2. The minimum absolute atomic E-state index is 0.212. The smallest absolute Gasteiger partial charge is 0.236 e. The van der Waals surface area contributed by atoms with Crippen LogP contribution in [0.25, 0.3) is 0 Å². The number of likely N-dealkylation sites (tertiary alicyclic amines) is 2. The van der Waals surface area contributed by atoms with Crippen molar-refractivity contribution in [3.8, 4) is 11.5 Å². The second kappa shape index (κ2) is 8.30. The number of benzene rings is 1. The molecule has 0 aromatic heterocycles. The number of hydrogen-bond donors (Lipinski definition) is 0. The lowest BCUT2D eigenvalue weighted by Crippen LogP contribution is -2.46. The molecular weight excluding hydrogens is 328 g/mol. The molecule has 2 heterocycles. The van der Waals surface area contributed by atoms with E-state index in [1.54, 1.807) is 14.2 Å². The fraction of sp³-hybridized carbons (Fsp3) is 0.667. The largest absolute Gasteiger partial charge is 0.497 e. The highest BCUT2D eigenvalue weighted by Crippen LogP contribution is 2.38. The highest BCUT2D eigenvalue weighted by Gasteiger charge is 2.32. The maximum atomic E-state index is 12.9. The van der Waals surface area contributed by atoms with E-state index in [-0.39, 0.29) is 11.9 Å². The standard InChI is InChI=1S/C21H32N2O3/c1-15-10-16(2)13-23(12-15)21(24)14-22-9-5-6-19(22)18-11-17(25-3)7-8-20(18)26-4/h7-8,11,15-16,19H,5-6,9-10,12-14H2,1-4H3/t15-,16+,19-/m1/s1. The Hall–Kier alpha value is -1.75. The van der Waals surface area contributed by atoms with Crippen molar-refractivity contribution in [3.63, 3.8) is 0 Å². The number of carbonyl (C=O) groups excluding carboxylic acids is 1. The maximum Gasteiger partial charge on any atom is 0.236 e. The molecule has 144 valence electrons. The first kappa shape index (κ1) is 19.0. The molecule has 1 aromatic carbocycles. The molecule has 3 atom stereocenters. The fourth-order valence-electron chi connectivity index (χ4n) is 4.61. The number of methoxy groups -OCH3 is 2. The average molecular weight is 360 g/mol. The van der Waals surface area contributed by atoms with E-state index in [4.69, 9.17) is 9.47 Å². The summed E-state index contributed by atoms with van der Waals surface area (Å²) in [7, 11) is 3.38. The van der Waals surface area contributed by atoms with Gasteiger partial charge < -0.3 is 14.4 Å². The van der Waals surface area contributed by atoms with E-state index in [9.17, 15) is 4.79 Å². The molecule has 0 bridgehead atoms. The highest BCUT2D eigenvalue weighted by atomic mass is 16.5. The molecule has 1 amide bonds. The van der Waals surface area contributed by atoms with Crippen LogP contribution in [-0.4, -0.2) is 56.1 Å². The summed E-state index contributed by atoms with van der Waals surface area (Å²) in [5.41, 5.74) is 1.12. The van der Waals surface area contributed by atoms with E-state index < -0.39 is 0 Å². The van der Waals surface area contributed by atoms with Crippen LogP contribution in [0.1, 0.15) is 44.7 Å². The van der Waals surface area contributed by atoms with Crippen LogP contribution in [0.3, 0.4) is 0 Å². The van der Waals surface area contributed by atoms with E-state index >= 15 is 0 Å². The normalized spacial score (nSPS) is 26.8. The topological polar surface area (TPSA) is 42.0 Å². The third-order valence-corrected chi connectivity index (χ3v) is 5.72. The lowest BCUT2D eigenvalue weighted by molar-refractivity contribution is -0.135. The molecule has 0 saturated carbocycles. The Labute approximate surface area is 157 Å². The van der Waals surface area contributed by atoms with Gasteiger partial charge in [-0.25, -0.2) is 0 Å². The SMILES string of the molecule is COc1ccc(OC)c([C@H]2CCCN2CC(=O)N2C[C@H](C)C[C@H](C)C2)c1. The van der Waals surface area contributed by atoms with E-state index in [2.05, 4.69) is 29.7 Å². The van der Waals surface area contributed by atoms with Gasteiger partial charge in [0.25, 0.3) is 0 Å². The first-order valence-electron chi connectivity index (χ1n) is 9.75. The van der Waals surface area contributed by atoms with Crippen LogP contribution in [0.5, 0.6) is 11.5 Å². The van der Waals surface area contributed by atoms with Gasteiger partial charge in [-0.15, -0.1) is 0 Å². The maximum absolute atomic E-state index is 12.9. The Morgan fingerprint density at radius 1 is 1.15 bits per heavy atom. The first-order valence-corrected chi connectivity index (χ1v) is 9.75. The molecule has 2 aliphatic heterocycles. The van der Waals surface area contributed by atoms with Crippen LogP contribution in [0.4, 0.5) is 0 Å². The average Bonchev–Trinajstić information content (AvgIpc) is 3.08. The molecular formula is C21H32N2O3. The molecule has 2 aliphatic rings. The minimum Gasteiger partial charge on any atom is -0.497 e. The predicted octanol–water partition coefficient (Wildman–Crippen LogP) is 3.35. The van der Waals surface area contributed by atoms with Crippen molar-refractivity contribution >= 4 is 5.91 Å². The third kappa shape index (κ3) is 4.14. The summed E-state index contributed by atoms with van der Waals surface area (Å²) in [6.07, 6.45) is 3.37.